The van der Waals surface area contributed by atoms with Crippen molar-refractivity contribution in [2.24, 2.45) is 7.05 Å². The van der Waals surface area contributed by atoms with E-state index in [1.54, 1.807) is 0 Å². The number of piperidine rings is 1. The van der Waals surface area contributed by atoms with E-state index in [0.29, 0.717) is 18.8 Å². The van der Waals surface area contributed by atoms with E-state index < -0.39 is 6.04 Å². The largest absolute Gasteiger partial charge is 0.344 e. The maximum atomic E-state index is 12.1. The lowest BCUT2D eigenvalue weighted by Gasteiger charge is -2.28. The lowest BCUT2D eigenvalue weighted by Crippen LogP contribution is -2.48. The van der Waals surface area contributed by atoms with E-state index in [4.69, 9.17) is 0 Å². The highest BCUT2D eigenvalue weighted by molar-refractivity contribution is 6.01. The molecule has 1 N–H and O–H groups in total. The van der Waals surface area contributed by atoms with E-state index in [1.807, 2.05) is 35.9 Å². The minimum atomic E-state index is -0.395. The minimum Gasteiger partial charge on any atom is -0.344 e. The second-order valence-corrected chi connectivity index (χ2v) is 5.01. The summed E-state index contributed by atoms with van der Waals surface area (Å²) in [6, 6.07) is 7.39. The number of carbonyl (C=O) groups excluding carboxylic acids is 2. The quantitative estimate of drug-likeness (QED) is 0.832. The summed E-state index contributed by atoms with van der Waals surface area (Å²) in [6.07, 6.45) is 0.884. The molecule has 1 atom stereocenters. The van der Waals surface area contributed by atoms with Crippen LogP contribution in [0.3, 0.4) is 0 Å². The van der Waals surface area contributed by atoms with Gasteiger partial charge >= 0.3 is 0 Å². The Morgan fingerprint density at radius 1 is 1.25 bits per heavy atom. The zero-order valence-corrected chi connectivity index (χ0v) is 11.5. The number of nitrogens with one attached hydrogen (secondary N) is 1. The van der Waals surface area contributed by atoms with Gasteiger partial charge in [-0.3, -0.25) is 14.5 Å². The maximum Gasteiger partial charge on any atom is 0.251 e. The predicted octanol–water partition coefficient (Wildman–Crippen LogP) is 1.13. The van der Waals surface area contributed by atoms with E-state index in [2.05, 4.69) is 10.3 Å². The Hall–Kier alpha value is -2.37. The maximum absolute atomic E-state index is 12.1. The minimum absolute atomic E-state index is 0.127. The van der Waals surface area contributed by atoms with E-state index in [9.17, 15) is 9.59 Å². The molecule has 1 aromatic heterocycles. The number of rotatable bonds is 2. The van der Waals surface area contributed by atoms with Crippen LogP contribution in [-0.2, 0) is 16.6 Å². The molecule has 2 aromatic rings. The number of likely N-dealkylation sites (N-methyl/N-ethyl adjacent to an activating group) is 1. The smallest absolute Gasteiger partial charge is 0.251 e. The first-order valence-electron chi connectivity index (χ1n) is 6.56. The Kier molecular flexibility index (Phi) is 2.93. The molecule has 0 bridgehead atoms. The molecule has 0 aliphatic carbocycles. The molecule has 0 saturated carbocycles. The van der Waals surface area contributed by atoms with Crippen LogP contribution in [0.25, 0.3) is 11.0 Å². The van der Waals surface area contributed by atoms with Crippen LogP contribution >= 0.6 is 0 Å². The predicted molar refractivity (Wildman–Crippen MR) is 75.1 cm³/mol. The number of imidazole rings is 1. The first-order chi connectivity index (χ1) is 9.58. The summed E-state index contributed by atoms with van der Waals surface area (Å²) in [4.78, 5) is 29.2. The van der Waals surface area contributed by atoms with Crippen LogP contribution in [0.2, 0.25) is 0 Å². The zero-order valence-electron chi connectivity index (χ0n) is 11.5. The number of aryl methyl sites for hydroxylation is 1. The average molecular weight is 272 g/mol. The highest BCUT2D eigenvalue weighted by atomic mass is 16.2. The normalized spacial score (nSPS) is 19.7. The van der Waals surface area contributed by atoms with Gasteiger partial charge in [0, 0.05) is 20.5 Å². The van der Waals surface area contributed by atoms with Crippen LogP contribution in [0.4, 0.5) is 5.95 Å². The van der Waals surface area contributed by atoms with Crippen molar-refractivity contribution in [1.82, 2.24) is 14.5 Å². The van der Waals surface area contributed by atoms with Crippen LogP contribution in [-0.4, -0.2) is 39.4 Å². The van der Waals surface area contributed by atoms with Crippen LogP contribution in [0.15, 0.2) is 24.3 Å². The third kappa shape index (κ3) is 1.93. The number of hydrogen-bond acceptors (Lipinski definition) is 4. The molecule has 2 heterocycles. The third-order valence-corrected chi connectivity index (χ3v) is 3.74. The number of para-hydroxylation sites is 2. The highest BCUT2D eigenvalue weighted by Gasteiger charge is 2.32. The van der Waals surface area contributed by atoms with Crippen LogP contribution in [0, 0.1) is 0 Å². The lowest BCUT2D eigenvalue weighted by atomic mass is 10.1. The molecule has 6 nitrogen and oxygen atoms in total. The number of amides is 2. The van der Waals surface area contributed by atoms with Gasteiger partial charge in [-0.2, -0.15) is 0 Å². The summed E-state index contributed by atoms with van der Waals surface area (Å²) in [7, 11) is 3.42. The standard InChI is InChI=1S/C14H16N4O2/c1-17-11-6-4-3-5-9(11)15-14(17)16-10-7-8-12(19)18(2)13(10)20/h3-6,10H,7-8H2,1-2H3,(H,15,16). The molecule has 20 heavy (non-hydrogen) atoms. The molecular weight excluding hydrogens is 256 g/mol. The molecule has 1 aliphatic heterocycles. The fraction of sp³-hybridized carbons (Fsp3) is 0.357. The third-order valence-electron chi connectivity index (χ3n) is 3.74. The van der Waals surface area contributed by atoms with Gasteiger partial charge in [-0.1, -0.05) is 12.1 Å². The second kappa shape index (κ2) is 4.63. The number of hydrogen-bond donors (Lipinski definition) is 1. The Morgan fingerprint density at radius 2 is 2.00 bits per heavy atom. The van der Waals surface area contributed by atoms with Gasteiger partial charge in [-0.15, -0.1) is 0 Å². The fourth-order valence-corrected chi connectivity index (χ4v) is 2.48. The molecule has 0 radical (unpaired) electrons. The summed E-state index contributed by atoms with van der Waals surface area (Å²) in [5.74, 6) is 0.318. The first kappa shape index (κ1) is 12.7. The Bertz CT molecular complexity index is 692. The SMILES string of the molecule is CN1C(=O)CCC(Nc2nc3ccccc3n2C)C1=O. The van der Waals surface area contributed by atoms with Gasteiger partial charge in [0.15, 0.2) is 0 Å². The summed E-state index contributed by atoms with van der Waals surface area (Å²) >= 11 is 0. The van der Waals surface area contributed by atoms with Gasteiger partial charge in [0.25, 0.3) is 5.91 Å². The number of carbonyl (C=O) groups is 2. The van der Waals surface area contributed by atoms with Crippen molar-refractivity contribution in [2.45, 2.75) is 18.9 Å². The molecule has 1 unspecified atom stereocenters. The van der Waals surface area contributed by atoms with E-state index in [0.717, 1.165) is 11.0 Å². The Labute approximate surface area is 116 Å². The Morgan fingerprint density at radius 3 is 2.75 bits per heavy atom. The van der Waals surface area contributed by atoms with Crippen LogP contribution in [0.5, 0.6) is 0 Å². The molecule has 1 aliphatic rings. The van der Waals surface area contributed by atoms with Gasteiger partial charge in [-0.25, -0.2) is 4.98 Å². The Balaban J connectivity index is 1.88. The summed E-state index contributed by atoms with van der Waals surface area (Å²) in [6.45, 7) is 0. The summed E-state index contributed by atoms with van der Waals surface area (Å²) in [5.41, 5.74) is 1.88. The summed E-state index contributed by atoms with van der Waals surface area (Å²) in [5, 5.41) is 3.15. The van der Waals surface area contributed by atoms with E-state index >= 15 is 0 Å². The molecule has 1 saturated heterocycles. The molecule has 2 amide bonds. The number of benzene rings is 1. The highest BCUT2D eigenvalue weighted by Crippen LogP contribution is 2.21. The van der Waals surface area contributed by atoms with Crippen LogP contribution in [0.1, 0.15) is 12.8 Å². The number of likely N-dealkylation sites (tertiary alicyclic amines) is 1. The first-order valence-corrected chi connectivity index (χ1v) is 6.56. The van der Waals surface area contributed by atoms with Gasteiger partial charge in [-0.05, 0) is 18.6 Å². The van der Waals surface area contributed by atoms with Crippen molar-refractivity contribution in [1.29, 1.82) is 0 Å². The van der Waals surface area contributed by atoms with Gasteiger partial charge < -0.3 is 9.88 Å². The van der Waals surface area contributed by atoms with Crippen molar-refractivity contribution in [3.8, 4) is 0 Å². The van der Waals surface area contributed by atoms with Crippen molar-refractivity contribution >= 4 is 28.8 Å². The van der Waals surface area contributed by atoms with E-state index in [1.165, 1.54) is 11.9 Å². The molecule has 6 heteroatoms. The number of imide groups is 1. The van der Waals surface area contributed by atoms with Crippen molar-refractivity contribution in [3.63, 3.8) is 0 Å². The van der Waals surface area contributed by atoms with Gasteiger partial charge in [0.05, 0.1) is 11.0 Å². The lowest BCUT2D eigenvalue weighted by molar-refractivity contribution is -0.146. The number of aromatic nitrogens is 2. The van der Waals surface area contributed by atoms with E-state index in [-0.39, 0.29) is 11.8 Å². The average Bonchev–Trinajstić information content (AvgIpc) is 2.77. The number of anilines is 1. The topological polar surface area (TPSA) is 67.2 Å². The van der Waals surface area contributed by atoms with Crippen LogP contribution < -0.4 is 5.32 Å². The molecule has 104 valence electrons. The monoisotopic (exact) mass is 272 g/mol. The molecule has 0 spiro atoms. The van der Waals surface area contributed by atoms with Crippen molar-refractivity contribution in [2.75, 3.05) is 12.4 Å². The number of nitrogens with zero attached hydrogens (tertiary/aromatic N) is 3. The molecule has 1 fully saturated rings. The van der Waals surface area contributed by atoms with Gasteiger partial charge in [0.1, 0.15) is 6.04 Å². The van der Waals surface area contributed by atoms with Crippen molar-refractivity contribution < 1.29 is 9.59 Å². The summed E-state index contributed by atoms with van der Waals surface area (Å²) < 4.78 is 1.92. The van der Waals surface area contributed by atoms with Gasteiger partial charge in [0.2, 0.25) is 11.9 Å². The van der Waals surface area contributed by atoms with Crippen molar-refractivity contribution in [3.05, 3.63) is 24.3 Å². The molecule has 3 rings (SSSR count). The molecule has 1 aromatic carbocycles. The fourth-order valence-electron chi connectivity index (χ4n) is 2.48. The number of fused-ring (bicyclic) bond motifs is 1. The molecular formula is C14H16N4O2. The second-order valence-electron chi connectivity index (χ2n) is 5.01. The zero-order chi connectivity index (χ0) is 14.3.